The van der Waals surface area contributed by atoms with Crippen molar-refractivity contribution in [3.63, 3.8) is 0 Å². The van der Waals surface area contributed by atoms with Gasteiger partial charge in [-0.1, -0.05) is 18.2 Å². The molecule has 0 aliphatic carbocycles. The third-order valence-corrected chi connectivity index (χ3v) is 9.17. The van der Waals surface area contributed by atoms with Crippen LogP contribution in [0, 0.1) is 6.92 Å². The number of aryl methyl sites for hydroxylation is 1. The van der Waals surface area contributed by atoms with Crippen LogP contribution in [0.25, 0.3) is 0 Å². The molecule has 2 saturated heterocycles. The Morgan fingerprint density at radius 2 is 1.82 bits per heavy atom. The fourth-order valence-electron chi connectivity index (χ4n) is 5.48. The molecule has 0 spiro atoms. The third kappa shape index (κ3) is 5.86. The van der Waals surface area contributed by atoms with Gasteiger partial charge in [-0.05, 0) is 68.0 Å². The number of urea groups is 1. The van der Waals surface area contributed by atoms with Crippen molar-refractivity contribution in [3.8, 4) is 0 Å². The van der Waals surface area contributed by atoms with Crippen LogP contribution in [-0.4, -0.2) is 81.4 Å². The van der Waals surface area contributed by atoms with Crippen LogP contribution in [0.1, 0.15) is 40.7 Å². The molecule has 2 aromatic rings. The minimum absolute atomic E-state index is 0.0540. The highest BCUT2D eigenvalue weighted by Gasteiger charge is 2.31. The van der Waals surface area contributed by atoms with Crippen molar-refractivity contribution in [1.82, 2.24) is 19.8 Å². The summed E-state index contributed by atoms with van der Waals surface area (Å²) in [7, 11) is -3.59. The number of carbonyl (C=O) groups is 3. The summed E-state index contributed by atoms with van der Waals surface area (Å²) in [6.45, 7) is 4.08. The maximum atomic E-state index is 12.8. The normalized spacial score (nSPS) is 19.6. The van der Waals surface area contributed by atoms with Crippen molar-refractivity contribution in [2.75, 3.05) is 48.9 Å². The minimum Gasteiger partial charge on any atom is -0.343 e. The lowest BCUT2D eigenvalue weighted by Gasteiger charge is -2.38. The van der Waals surface area contributed by atoms with Crippen LogP contribution < -0.4 is 19.7 Å². The summed E-state index contributed by atoms with van der Waals surface area (Å²) < 4.78 is 28.5. The van der Waals surface area contributed by atoms with Gasteiger partial charge in [-0.25, -0.2) is 4.79 Å². The quantitative estimate of drug-likeness (QED) is 0.519. The van der Waals surface area contributed by atoms with E-state index in [4.69, 9.17) is 0 Å². The highest BCUT2D eigenvalue weighted by molar-refractivity contribution is 7.90. The van der Waals surface area contributed by atoms with E-state index in [1.54, 1.807) is 30.0 Å². The Kier molecular flexibility index (Phi) is 7.76. The molecule has 0 unspecified atom stereocenters. The molecule has 39 heavy (non-hydrogen) atoms. The van der Waals surface area contributed by atoms with Crippen molar-refractivity contribution >= 4 is 39.4 Å². The van der Waals surface area contributed by atoms with E-state index in [9.17, 15) is 22.8 Å². The first-order valence-corrected chi connectivity index (χ1v) is 14.8. The first-order chi connectivity index (χ1) is 18.7. The second-order valence-electron chi connectivity index (χ2n) is 10.2. The number of rotatable bonds is 5. The Morgan fingerprint density at radius 1 is 1.05 bits per heavy atom. The lowest BCUT2D eigenvalue weighted by atomic mass is 10.0. The molecule has 2 fully saturated rings. The molecule has 3 heterocycles. The predicted octanol–water partition coefficient (Wildman–Crippen LogP) is 1.85. The van der Waals surface area contributed by atoms with Gasteiger partial charge in [-0.15, -0.1) is 0 Å². The Labute approximate surface area is 228 Å². The van der Waals surface area contributed by atoms with Gasteiger partial charge in [-0.2, -0.15) is 13.1 Å². The van der Waals surface area contributed by atoms with Gasteiger partial charge in [0.2, 0.25) is 5.91 Å². The number of benzene rings is 2. The predicted molar refractivity (Wildman–Crippen MR) is 148 cm³/mol. The summed E-state index contributed by atoms with van der Waals surface area (Å²) >= 11 is 0. The van der Waals surface area contributed by atoms with Crippen LogP contribution in [0.2, 0.25) is 0 Å². The fraction of sp³-hybridized carbons (Fsp3) is 0.444. The molecule has 0 saturated carbocycles. The number of fused-ring (bicyclic) bond motifs is 1. The summed E-state index contributed by atoms with van der Waals surface area (Å²) in [6, 6.07) is 12.6. The Bertz CT molecular complexity index is 1370. The number of nitrogens with zero attached hydrogens (tertiary/aromatic N) is 3. The van der Waals surface area contributed by atoms with E-state index < -0.39 is 16.1 Å². The van der Waals surface area contributed by atoms with Crippen molar-refractivity contribution in [3.05, 3.63) is 59.2 Å². The van der Waals surface area contributed by atoms with Gasteiger partial charge in [0.25, 0.3) is 5.91 Å². The molecule has 0 aromatic heterocycles. The lowest BCUT2D eigenvalue weighted by Crippen LogP contribution is -2.51. The van der Waals surface area contributed by atoms with Crippen LogP contribution >= 0.6 is 0 Å². The first-order valence-electron chi connectivity index (χ1n) is 13.3. The van der Waals surface area contributed by atoms with E-state index in [-0.39, 0.29) is 24.5 Å². The molecule has 4 amide bonds. The van der Waals surface area contributed by atoms with Gasteiger partial charge < -0.3 is 20.4 Å². The van der Waals surface area contributed by atoms with E-state index in [1.165, 1.54) is 4.31 Å². The Morgan fingerprint density at radius 3 is 2.56 bits per heavy atom. The van der Waals surface area contributed by atoms with Gasteiger partial charge in [0.05, 0.1) is 12.2 Å². The summed E-state index contributed by atoms with van der Waals surface area (Å²) in [5.74, 6) is -0.568. The average Bonchev–Trinajstić information content (AvgIpc) is 3.09. The van der Waals surface area contributed by atoms with Crippen molar-refractivity contribution in [1.29, 1.82) is 0 Å². The number of anilines is 2. The Balaban J connectivity index is 1.12. The highest BCUT2D eigenvalue weighted by atomic mass is 32.2. The number of likely N-dealkylation sites (tertiary alicyclic amines) is 1. The molecule has 3 N–H and O–H groups in total. The van der Waals surface area contributed by atoms with E-state index >= 15 is 0 Å². The van der Waals surface area contributed by atoms with Crippen LogP contribution in [0.15, 0.2) is 42.5 Å². The zero-order valence-electron chi connectivity index (χ0n) is 22.0. The fourth-order valence-corrected chi connectivity index (χ4v) is 6.87. The molecule has 0 radical (unpaired) electrons. The van der Waals surface area contributed by atoms with E-state index in [2.05, 4.69) is 15.4 Å². The number of piperidine rings is 1. The lowest BCUT2D eigenvalue weighted by molar-refractivity contribution is -0.131. The molecule has 208 valence electrons. The maximum absolute atomic E-state index is 12.8. The van der Waals surface area contributed by atoms with Crippen molar-refractivity contribution < 1.29 is 22.8 Å². The molecule has 3 aliphatic rings. The second kappa shape index (κ2) is 11.2. The summed E-state index contributed by atoms with van der Waals surface area (Å²) in [6.07, 6.45) is 2.84. The monoisotopic (exact) mass is 554 g/mol. The van der Waals surface area contributed by atoms with Crippen LogP contribution in [-0.2, 0) is 21.4 Å². The first kappa shape index (κ1) is 26.9. The SMILES string of the molecule is Cc1cc(C(=O)NCC(=O)N2CCC(N3CCc4ccccc4NC3=O)CC2)ccc1N1CCCNS1(=O)=O. The topological polar surface area (TPSA) is 131 Å². The van der Waals surface area contributed by atoms with Gasteiger partial charge >= 0.3 is 16.2 Å². The zero-order chi connectivity index (χ0) is 27.6. The number of para-hydroxylation sites is 1. The van der Waals surface area contributed by atoms with Crippen molar-refractivity contribution in [2.45, 2.75) is 38.6 Å². The van der Waals surface area contributed by atoms with E-state index in [0.29, 0.717) is 68.8 Å². The molecular formula is C27H34N6O5S. The summed E-state index contributed by atoms with van der Waals surface area (Å²) in [5.41, 5.74) is 3.52. The van der Waals surface area contributed by atoms with Gasteiger partial charge in [-0.3, -0.25) is 13.9 Å². The van der Waals surface area contributed by atoms with Crippen LogP contribution in [0.3, 0.4) is 0 Å². The number of nitrogens with one attached hydrogen (secondary N) is 3. The average molecular weight is 555 g/mol. The number of carbonyl (C=O) groups excluding carboxylic acids is 3. The second-order valence-corrected chi connectivity index (χ2v) is 11.8. The number of hydrogen-bond acceptors (Lipinski definition) is 5. The smallest absolute Gasteiger partial charge is 0.322 e. The molecule has 11 nitrogen and oxygen atoms in total. The zero-order valence-corrected chi connectivity index (χ0v) is 22.8. The van der Waals surface area contributed by atoms with E-state index in [1.807, 2.05) is 29.2 Å². The van der Waals surface area contributed by atoms with Gasteiger partial charge in [0.1, 0.15) is 0 Å². The number of hydrogen-bond donors (Lipinski definition) is 3. The number of amides is 4. The van der Waals surface area contributed by atoms with Crippen LogP contribution in [0.4, 0.5) is 16.2 Å². The minimum atomic E-state index is -3.59. The molecule has 12 heteroatoms. The maximum Gasteiger partial charge on any atom is 0.322 e. The molecule has 0 bridgehead atoms. The van der Waals surface area contributed by atoms with Gasteiger partial charge in [0.15, 0.2) is 0 Å². The summed E-state index contributed by atoms with van der Waals surface area (Å²) in [4.78, 5) is 42.0. The van der Waals surface area contributed by atoms with Crippen molar-refractivity contribution in [2.24, 2.45) is 0 Å². The van der Waals surface area contributed by atoms with Gasteiger partial charge in [0, 0.05) is 50.0 Å². The largest absolute Gasteiger partial charge is 0.343 e. The highest BCUT2D eigenvalue weighted by Crippen LogP contribution is 2.26. The molecular weight excluding hydrogens is 520 g/mol. The van der Waals surface area contributed by atoms with E-state index in [0.717, 1.165) is 17.7 Å². The Hall–Kier alpha value is -3.64. The standard InChI is InChI=1S/C27H34N6O5S/c1-19-17-21(7-8-24(19)33-13-4-12-29-39(33,37)38)26(35)28-18-25(34)31-14-10-22(11-15-31)32-16-9-20-5-2-3-6-23(20)30-27(32)36/h2-3,5-8,17,22,29H,4,9-16,18H2,1H3,(H,28,35)(H,30,36). The molecule has 0 atom stereocenters. The third-order valence-electron chi connectivity index (χ3n) is 7.64. The molecule has 5 rings (SSSR count). The van der Waals surface area contributed by atoms with Crippen LogP contribution in [0.5, 0.6) is 0 Å². The summed E-state index contributed by atoms with van der Waals surface area (Å²) in [5, 5.41) is 5.70. The molecule has 2 aromatic carbocycles. The molecule has 3 aliphatic heterocycles.